The lowest BCUT2D eigenvalue weighted by atomic mass is 9.75. The Morgan fingerprint density at radius 1 is 0.943 bits per heavy atom. The normalized spacial score (nSPS) is 26.1. The average molecular weight is 470 g/mol. The highest BCUT2D eigenvalue weighted by Crippen LogP contribution is 2.50. The van der Waals surface area contributed by atoms with Crippen LogP contribution in [0.15, 0.2) is 72.8 Å². The van der Waals surface area contributed by atoms with Gasteiger partial charge in [-0.2, -0.15) is 0 Å². The maximum atomic E-state index is 13.1. The molecule has 1 N–H and O–H groups in total. The van der Waals surface area contributed by atoms with Crippen molar-refractivity contribution >= 4 is 6.09 Å². The fraction of sp³-hybridized carbons (Fsp3) is 0.367. The minimum atomic E-state index is -1.02. The van der Waals surface area contributed by atoms with Crippen LogP contribution < -0.4 is 0 Å². The smallest absolute Gasteiger partial charge is 0.410 e. The van der Waals surface area contributed by atoms with Gasteiger partial charge in [0.25, 0.3) is 0 Å². The molecule has 0 radical (unpaired) electrons. The number of amides is 1. The van der Waals surface area contributed by atoms with Crippen molar-refractivity contribution in [2.75, 3.05) is 13.2 Å². The first-order valence-corrected chi connectivity index (χ1v) is 12.4. The van der Waals surface area contributed by atoms with Crippen LogP contribution in [-0.4, -0.2) is 41.4 Å². The van der Waals surface area contributed by atoms with Crippen LogP contribution in [0.5, 0.6) is 0 Å². The number of carbonyl (C=O) groups is 1. The van der Waals surface area contributed by atoms with E-state index in [-0.39, 0.29) is 30.2 Å². The molecule has 2 heterocycles. The van der Waals surface area contributed by atoms with Crippen molar-refractivity contribution in [1.82, 2.24) is 4.90 Å². The van der Waals surface area contributed by atoms with Crippen LogP contribution in [0.2, 0.25) is 0 Å². The lowest BCUT2D eigenvalue weighted by molar-refractivity contribution is -0.137. The van der Waals surface area contributed by atoms with E-state index >= 15 is 0 Å². The molecule has 0 saturated carbocycles. The molecule has 2 aliphatic heterocycles. The maximum Gasteiger partial charge on any atom is 0.410 e. The van der Waals surface area contributed by atoms with Gasteiger partial charge in [-0.05, 0) is 33.4 Å². The van der Waals surface area contributed by atoms with Crippen LogP contribution in [0.3, 0.4) is 0 Å². The summed E-state index contributed by atoms with van der Waals surface area (Å²) in [5.41, 5.74) is 5.81. The number of rotatable bonds is 3. The summed E-state index contributed by atoms with van der Waals surface area (Å²) in [7, 11) is 0. The van der Waals surface area contributed by atoms with Gasteiger partial charge in [-0.1, -0.05) is 86.6 Å². The van der Waals surface area contributed by atoms with E-state index in [1.807, 2.05) is 30.3 Å². The average Bonchev–Trinajstić information content (AvgIpc) is 3.09. The minimum Gasteiger partial charge on any atom is -0.445 e. The van der Waals surface area contributed by atoms with E-state index in [4.69, 9.17) is 9.47 Å². The largest absolute Gasteiger partial charge is 0.445 e. The molecule has 2 fully saturated rings. The van der Waals surface area contributed by atoms with Crippen LogP contribution in [0, 0.1) is 0 Å². The number of carbonyl (C=O) groups excluding carboxylic acids is 1. The molecular weight excluding hydrogens is 438 g/mol. The summed E-state index contributed by atoms with van der Waals surface area (Å²) in [5, 5.41) is 11.9. The Hall–Kier alpha value is -3.15. The number of nitrogens with zero attached hydrogens (tertiary/aromatic N) is 1. The highest BCUT2D eigenvalue weighted by molar-refractivity contribution is 5.81. The molecule has 0 aromatic heterocycles. The molecule has 3 aromatic rings. The summed E-state index contributed by atoms with van der Waals surface area (Å²) in [5.74, 6) is 0. The minimum absolute atomic E-state index is 0.126. The highest BCUT2D eigenvalue weighted by atomic mass is 16.6. The quantitative estimate of drug-likeness (QED) is 0.560. The third kappa shape index (κ3) is 3.65. The number of ether oxygens (including phenoxy) is 2. The SMILES string of the molecule is CC1(C)c2ccccc2-c2ccc(C3(O)CC4COCC(C3)N4C(=O)OCc3ccccc3)cc21. The Morgan fingerprint density at radius 2 is 1.60 bits per heavy atom. The predicted octanol–water partition coefficient (Wildman–Crippen LogP) is 5.38. The molecule has 5 heteroatoms. The molecule has 0 spiro atoms. The number of piperidine rings is 1. The van der Waals surface area contributed by atoms with Gasteiger partial charge in [-0.25, -0.2) is 4.79 Å². The molecular formula is C30H31NO4. The van der Waals surface area contributed by atoms with Crippen LogP contribution in [-0.2, 0) is 27.1 Å². The monoisotopic (exact) mass is 469 g/mol. The van der Waals surface area contributed by atoms with Crippen molar-refractivity contribution < 1.29 is 19.4 Å². The van der Waals surface area contributed by atoms with Crippen molar-refractivity contribution in [3.05, 3.63) is 95.1 Å². The third-order valence-electron chi connectivity index (χ3n) is 8.09. The molecule has 2 bridgehead atoms. The van der Waals surface area contributed by atoms with E-state index in [0.717, 1.165) is 11.1 Å². The molecule has 1 amide bonds. The fourth-order valence-corrected chi connectivity index (χ4v) is 6.30. The standard InChI is InChI=1S/C30H31NO4/c1-29(2)26-11-7-6-10-24(26)25-13-12-21(14-27(25)29)30(33)15-22-18-34-19-23(16-30)31(22)28(32)35-17-20-8-4-3-5-9-20/h3-14,22-23,33H,15-19H2,1-2H3. The summed E-state index contributed by atoms with van der Waals surface area (Å²) in [6.45, 7) is 5.54. The van der Waals surface area contributed by atoms with Gasteiger partial charge in [0.2, 0.25) is 0 Å². The van der Waals surface area contributed by atoms with Crippen molar-refractivity contribution in [3.63, 3.8) is 0 Å². The first-order valence-electron chi connectivity index (χ1n) is 12.4. The summed E-state index contributed by atoms with van der Waals surface area (Å²) < 4.78 is 11.4. The Balaban J connectivity index is 1.25. The number of benzene rings is 3. The van der Waals surface area contributed by atoms with Gasteiger partial charge >= 0.3 is 6.09 Å². The van der Waals surface area contributed by atoms with E-state index in [9.17, 15) is 9.90 Å². The molecule has 1 aliphatic carbocycles. The Morgan fingerprint density at radius 3 is 2.34 bits per heavy atom. The molecule has 3 aliphatic rings. The second-order valence-corrected chi connectivity index (χ2v) is 10.7. The Labute approximate surface area is 206 Å². The molecule has 2 unspecified atom stereocenters. The molecule has 35 heavy (non-hydrogen) atoms. The second kappa shape index (κ2) is 8.21. The van der Waals surface area contributed by atoms with Crippen LogP contribution in [0.4, 0.5) is 4.79 Å². The lowest BCUT2D eigenvalue weighted by Crippen LogP contribution is -2.62. The van der Waals surface area contributed by atoms with E-state index in [1.54, 1.807) is 4.90 Å². The number of hydrogen-bond donors (Lipinski definition) is 1. The second-order valence-electron chi connectivity index (χ2n) is 10.7. The molecule has 3 aromatic carbocycles. The highest BCUT2D eigenvalue weighted by Gasteiger charge is 2.50. The zero-order chi connectivity index (χ0) is 24.2. The molecule has 2 atom stereocenters. The van der Waals surface area contributed by atoms with E-state index in [1.165, 1.54) is 22.3 Å². The van der Waals surface area contributed by atoms with Gasteiger partial charge in [0, 0.05) is 18.3 Å². The fourth-order valence-electron chi connectivity index (χ4n) is 6.30. The van der Waals surface area contributed by atoms with Crippen LogP contribution >= 0.6 is 0 Å². The van der Waals surface area contributed by atoms with E-state index in [2.05, 4.69) is 56.3 Å². The number of aliphatic hydroxyl groups is 1. The third-order valence-corrected chi connectivity index (χ3v) is 8.09. The van der Waals surface area contributed by atoms with Gasteiger partial charge < -0.3 is 14.6 Å². The topological polar surface area (TPSA) is 59.0 Å². The van der Waals surface area contributed by atoms with Gasteiger partial charge in [-0.15, -0.1) is 0 Å². The van der Waals surface area contributed by atoms with Crippen molar-refractivity contribution in [2.45, 2.75) is 56.4 Å². The van der Waals surface area contributed by atoms with Gasteiger partial charge in [0.15, 0.2) is 0 Å². The van der Waals surface area contributed by atoms with Crippen LogP contribution in [0.1, 0.15) is 48.9 Å². The summed E-state index contributed by atoms with van der Waals surface area (Å²) in [6, 6.07) is 24.2. The summed E-state index contributed by atoms with van der Waals surface area (Å²) >= 11 is 0. The van der Waals surface area contributed by atoms with E-state index in [0.29, 0.717) is 26.1 Å². The van der Waals surface area contributed by atoms with Crippen molar-refractivity contribution in [3.8, 4) is 11.1 Å². The molecule has 2 saturated heterocycles. The maximum absolute atomic E-state index is 13.1. The Bertz CT molecular complexity index is 1250. The van der Waals surface area contributed by atoms with E-state index < -0.39 is 5.60 Å². The molecule has 6 rings (SSSR count). The Kier molecular flexibility index (Phi) is 5.24. The van der Waals surface area contributed by atoms with Crippen LogP contribution in [0.25, 0.3) is 11.1 Å². The first kappa shape index (κ1) is 22.3. The van der Waals surface area contributed by atoms with Gasteiger partial charge in [0.05, 0.1) is 30.9 Å². The molecule has 5 nitrogen and oxygen atoms in total. The molecule has 180 valence electrons. The lowest BCUT2D eigenvalue weighted by Gasteiger charge is -2.51. The zero-order valence-electron chi connectivity index (χ0n) is 20.2. The van der Waals surface area contributed by atoms with Gasteiger partial charge in [0.1, 0.15) is 6.61 Å². The summed E-state index contributed by atoms with van der Waals surface area (Å²) in [4.78, 5) is 14.9. The zero-order valence-corrected chi connectivity index (χ0v) is 20.2. The number of hydrogen-bond acceptors (Lipinski definition) is 4. The van der Waals surface area contributed by atoms with Crippen molar-refractivity contribution in [2.24, 2.45) is 0 Å². The number of morpholine rings is 1. The van der Waals surface area contributed by atoms with Gasteiger partial charge in [-0.3, -0.25) is 4.90 Å². The summed E-state index contributed by atoms with van der Waals surface area (Å²) in [6.07, 6.45) is 0.520. The van der Waals surface area contributed by atoms with Crippen molar-refractivity contribution in [1.29, 1.82) is 0 Å². The number of fused-ring (bicyclic) bond motifs is 5. The predicted molar refractivity (Wildman–Crippen MR) is 134 cm³/mol. The first-order chi connectivity index (χ1) is 16.9.